The highest BCUT2D eigenvalue weighted by atomic mass is 19.1. The highest BCUT2D eigenvalue weighted by Crippen LogP contribution is 2.09. The number of rotatable bonds is 4. The fourth-order valence-electron chi connectivity index (χ4n) is 1.07. The Bertz CT molecular complexity index is 421. The summed E-state index contributed by atoms with van der Waals surface area (Å²) < 4.78 is 25.8. The molecule has 16 heavy (non-hydrogen) atoms. The van der Waals surface area contributed by atoms with Crippen molar-refractivity contribution >= 4 is 11.9 Å². The van der Waals surface area contributed by atoms with Crippen molar-refractivity contribution < 1.29 is 23.5 Å². The first-order valence-corrected chi connectivity index (χ1v) is 4.41. The third-order valence-electron chi connectivity index (χ3n) is 1.80. The quantitative estimate of drug-likeness (QED) is 0.758. The van der Waals surface area contributed by atoms with Crippen LogP contribution in [-0.2, 0) is 16.1 Å². The number of carbonyl (C=O) groups excluding carboxylic acids is 1. The first kappa shape index (κ1) is 12.1. The highest BCUT2D eigenvalue weighted by molar-refractivity contribution is 5.93. The van der Waals surface area contributed by atoms with Crippen LogP contribution in [0, 0.1) is 11.6 Å². The third-order valence-corrected chi connectivity index (χ3v) is 1.80. The zero-order valence-electron chi connectivity index (χ0n) is 8.17. The molecule has 0 aliphatic carbocycles. The van der Waals surface area contributed by atoms with Gasteiger partial charge in [0.1, 0.15) is 18.1 Å². The fraction of sp³-hybridized carbons (Fsp3) is 0.200. The second-order valence-corrected chi connectivity index (χ2v) is 3.08. The SMILES string of the molecule is O=C(O)CC(=O)NCc1cc(F)ccc1F. The number of carboxylic acids is 1. The van der Waals surface area contributed by atoms with Crippen molar-refractivity contribution in [3.8, 4) is 0 Å². The van der Waals surface area contributed by atoms with Crippen molar-refractivity contribution in [1.82, 2.24) is 5.32 Å². The van der Waals surface area contributed by atoms with Gasteiger partial charge >= 0.3 is 5.97 Å². The van der Waals surface area contributed by atoms with Crippen LogP contribution in [-0.4, -0.2) is 17.0 Å². The summed E-state index contributed by atoms with van der Waals surface area (Å²) in [7, 11) is 0. The van der Waals surface area contributed by atoms with Gasteiger partial charge in [-0.25, -0.2) is 8.78 Å². The van der Waals surface area contributed by atoms with Gasteiger partial charge in [-0.3, -0.25) is 9.59 Å². The molecule has 0 aliphatic rings. The predicted octanol–water partition coefficient (Wildman–Crippen LogP) is 1.06. The van der Waals surface area contributed by atoms with Gasteiger partial charge in [-0.1, -0.05) is 0 Å². The summed E-state index contributed by atoms with van der Waals surface area (Å²) in [4.78, 5) is 21.1. The number of amides is 1. The Balaban J connectivity index is 2.57. The van der Waals surface area contributed by atoms with Gasteiger partial charge in [0.05, 0.1) is 0 Å². The smallest absolute Gasteiger partial charge is 0.312 e. The van der Waals surface area contributed by atoms with Crippen LogP contribution in [0.4, 0.5) is 8.78 Å². The van der Waals surface area contributed by atoms with Gasteiger partial charge in [-0.2, -0.15) is 0 Å². The van der Waals surface area contributed by atoms with Gasteiger partial charge < -0.3 is 10.4 Å². The molecule has 0 bridgehead atoms. The Labute approximate surface area is 89.9 Å². The molecule has 0 saturated heterocycles. The number of halogens is 2. The van der Waals surface area contributed by atoms with Gasteiger partial charge in [0.15, 0.2) is 0 Å². The Hall–Kier alpha value is -1.98. The lowest BCUT2D eigenvalue weighted by Gasteiger charge is -2.05. The number of hydrogen-bond acceptors (Lipinski definition) is 2. The summed E-state index contributed by atoms with van der Waals surface area (Å²) in [6, 6.07) is 2.84. The van der Waals surface area contributed by atoms with E-state index in [0.717, 1.165) is 18.2 Å². The average molecular weight is 229 g/mol. The minimum Gasteiger partial charge on any atom is -0.481 e. The van der Waals surface area contributed by atoms with E-state index in [2.05, 4.69) is 5.32 Å². The van der Waals surface area contributed by atoms with Gasteiger partial charge in [-0.15, -0.1) is 0 Å². The van der Waals surface area contributed by atoms with Crippen molar-refractivity contribution in [2.45, 2.75) is 13.0 Å². The molecule has 1 amide bonds. The summed E-state index contributed by atoms with van der Waals surface area (Å²) in [6.07, 6.45) is -0.697. The van der Waals surface area contributed by atoms with E-state index in [0.29, 0.717) is 0 Å². The molecule has 0 saturated carbocycles. The molecule has 2 N–H and O–H groups in total. The monoisotopic (exact) mass is 229 g/mol. The molecule has 1 aromatic carbocycles. The fourth-order valence-corrected chi connectivity index (χ4v) is 1.07. The first-order chi connectivity index (χ1) is 7.49. The molecule has 0 spiro atoms. The van der Waals surface area contributed by atoms with Crippen LogP contribution in [0.1, 0.15) is 12.0 Å². The lowest BCUT2D eigenvalue weighted by molar-refractivity contribution is -0.140. The molecule has 0 atom stereocenters. The predicted molar refractivity (Wildman–Crippen MR) is 50.5 cm³/mol. The van der Waals surface area contributed by atoms with Gasteiger partial charge in [0, 0.05) is 12.1 Å². The van der Waals surface area contributed by atoms with Crippen molar-refractivity contribution in [2.75, 3.05) is 0 Å². The van der Waals surface area contributed by atoms with E-state index < -0.39 is 29.9 Å². The van der Waals surface area contributed by atoms with Crippen LogP contribution in [0.15, 0.2) is 18.2 Å². The lowest BCUT2D eigenvalue weighted by Crippen LogP contribution is -2.25. The summed E-state index contributed by atoms with van der Waals surface area (Å²) in [5.74, 6) is -3.31. The van der Waals surface area contributed by atoms with Crippen molar-refractivity contribution in [3.05, 3.63) is 35.4 Å². The summed E-state index contributed by atoms with van der Waals surface area (Å²) in [6.45, 7) is -0.240. The van der Waals surface area contributed by atoms with Gasteiger partial charge in [0.2, 0.25) is 5.91 Å². The summed E-state index contributed by atoms with van der Waals surface area (Å²) >= 11 is 0. The standard InChI is InChI=1S/C10H9F2NO3/c11-7-1-2-8(12)6(3-7)5-13-9(14)4-10(15)16/h1-3H,4-5H2,(H,13,14)(H,15,16). The number of carboxylic acid groups (broad SMARTS) is 1. The van der Waals surface area contributed by atoms with Crippen LogP contribution in [0.5, 0.6) is 0 Å². The second kappa shape index (κ2) is 5.20. The molecule has 0 unspecified atom stereocenters. The highest BCUT2D eigenvalue weighted by Gasteiger charge is 2.09. The number of carbonyl (C=O) groups is 2. The van der Waals surface area contributed by atoms with E-state index in [9.17, 15) is 18.4 Å². The molecule has 1 aromatic rings. The Morgan fingerprint density at radius 3 is 2.62 bits per heavy atom. The van der Waals surface area contributed by atoms with E-state index in [1.165, 1.54) is 0 Å². The van der Waals surface area contributed by atoms with Crippen molar-refractivity contribution in [1.29, 1.82) is 0 Å². The Morgan fingerprint density at radius 2 is 2.00 bits per heavy atom. The minimum absolute atomic E-state index is 0.0289. The summed E-state index contributed by atoms with van der Waals surface area (Å²) in [5.41, 5.74) is -0.0289. The zero-order valence-corrected chi connectivity index (χ0v) is 8.17. The van der Waals surface area contributed by atoms with Crippen LogP contribution < -0.4 is 5.32 Å². The molecule has 1 rings (SSSR count). The summed E-state index contributed by atoms with van der Waals surface area (Å²) in [5, 5.41) is 10.5. The minimum atomic E-state index is -1.28. The number of benzene rings is 1. The van der Waals surface area contributed by atoms with Crippen LogP contribution in [0.3, 0.4) is 0 Å². The van der Waals surface area contributed by atoms with Gasteiger partial charge in [0.25, 0.3) is 0 Å². The Morgan fingerprint density at radius 1 is 1.31 bits per heavy atom. The molecule has 4 nitrogen and oxygen atoms in total. The first-order valence-electron chi connectivity index (χ1n) is 4.41. The topological polar surface area (TPSA) is 66.4 Å². The number of nitrogens with one attached hydrogen (secondary N) is 1. The second-order valence-electron chi connectivity index (χ2n) is 3.08. The molecule has 0 aliphatic heterocycles. The largest absolute Gasteiger partial charge is 0.481 e. The zero-order chi connectivity index (χ0) is 12.1. The van der Waals surface area contributed by atoms with Crippen LogP contribution >= 0.6 is 0 Å². The molecule has 0 aromatic heterocycles. The van der Waals surface area contributed by atoms with E-state index in [1.54, 1.807) is 0 Å². The molecule has 6 heteroatoms. The maximum absolute atomic E-state index is 13.0. The van der Waals surface area contributed by atoms with Crippen LogP contribution in [0.25, 0.3) is 0 Å². The van der Waals surface area contributed by atoms with Crippen LogP contribution in [0.2, 0.25) is 0 Å². The number of aliphatic carboxylic acids is 1. The molecule has 86 valence electrons. The molecular formula is C10H9F2NO3. The number of hydrogen-bond donors (Lipinski definition) is 2. The molecule has 0 heterocycles. The van der Waals surface area contributed by atoms with Gasteiger partial charge in [-0.05, 0) is 18.2 Å². The third kappa shape index (κ3) is 3.64. The lowest BCUT2D eigenvalue weighted by atomic mass is 10.2. The van der Waals surface area contributed by atoms with E-state index in [1.807, 2.05) is 0 Å². The van der Waals surface area contributed by atoms with E-state index in [-0.39, 0.29) is 12.1 Å². The normalized spacial score (nSPS) is 9.88. The average Bonchev–Trinajstić information content (AvgIpc) is 2.18. The van der Waals surface area contributed by atoms with E-state index >= 15 is 0 Å². The molecular weight excluding hydrogens is 220 g/mol. The maximum Gasteiger partial charge on any atom is 0.312 e. The Kier molecular flexibility index (Phi) is 3.93. The molecule has 0 radical (unpaired) electrons. The maximum atomic E-state index is 13.0. The van der Waals surface area contributed by atoms with Crippen molar-refractivity contribution in [3.63, 3.8) is 0 Å². The van der Waals surface area contributed by atoms with Crippen molar-refractivity contribution in [2.24, 2.45) is 0 Å². The molecule has 0 fully saturated rings. The van der Waals surface area contributed by atoms with E-state index in [4.69, 9.17) is 5.11 Å².